The zero-order chi connectivity index (χ0) is 16.2. The molecule has 0 amide bonds. The normalized spacial score (nSPS) is 10.6. The van der Waals surface area contributed by atoms with Crippen LogP contribution in [0.5, 0.6) is 11.5 Å². The van der Waals surface area contributed by atoms with Gasteiger partial charge in [0.15, 0.2) is 0 Å². The minimum atomic E-state index is 0.334. The summed E-state index contributed by atoms with van der Waals surface area (Å²) in [4.78, 5) is 4.43. The molecule has 1 heterocycles. The first-order valence-electron chi connectivity index (χ1n) is 7.13. The van der Waals surface area contributed by atoms with E-state index in [-0.39, 0.29) is 0 Å². The Morgan fingerprint density at radius 3 is 2.52 bits per heavy atom. The van der Waals surface area contributed by atoms with E-state index in [1.165, 1.54) is 0 Å². The summed E-state index contributed by atoms with van der Waals surface area (Å²) >= 11 is 6.00. The van der Waals surface area contributed by atoms with Crippen LogP contribution in [0, 0.1) is 6.92 Å². The number of aryl methyl sites for hydroxylation is 1. The molecule has 3 aromatic rings. The average molecular weight is 330 g/mol. The molecule has 3 rings (SSSR count). The molecule has 0 radical (unpaired) electrons. The molecule has 2 aromatic carbocycles. The lowest BCUT2D eigenvalue weighted by Crippen LogP contribution is -1.96. The van der Waals surface area contributed by atoms with Crippen molar-refractivity contribution in [2.75, 3.05) is 7.11 Å². The second-order valence-corrected chi connectivity index (χ2v) is 5.48. The maximum absolute atomic E-state index is 6.00. The van der Waals surface area contributed by atoms with E-state index in [4.69, 9.17) is 25.5 Å². The molecule has 4 nitrogen and oxygen atoms in total. The van der Waals surface area contributed by atoms with Crippen LogP contribution in [-0.2, 0) is 6.61 Å². The van der Waals surface area contributed by atoms with Gasteiger partial charge in [-0.15, -0.1) is 0 Å². The number of halogens is 1. The lowest BCUT2D eigenvalue weighted by atomic mass is 10.2. The predicted octanol–water partition coefficient (Wildman–Crippen LogP) is 4.89. The van der Waals surface area contributed by atoms with Gasteiger partial charge in [-0.1, -0.05) is 11.6 Å². The fourth-order valence-electron chi connectivity index (χ4n) is 2.10. The van der Waals surface area contributed by atoms with E-state index in [1.807, 2.05) is 49.4 Å². The molecular weight excluding hydrogens is 314 g/mol. The van der Waals surface area contributed by atoms with Crippen LogP contribution in [-0.4, -0.2) is 12.1 Å². The summed E-state index contributed by atoms with van der Waals surface area (Å²) in [5.41, 5.74) is 2.59. The van der Waals surface area contributed by atoms with Crippen LogP contribution in [0.25, 0.3) is 11.5 Å². The molecule has 0 bridgehead atoms. The molecule has 0 N–H and O–H groups in total. The molecule has 0 unspecified atom stereocenters. The Morgan fingerprint density at radius 2 is 1.83 bits per heavy atom. The number of methoxy groups -OCH3 is 1. The van der Waals surface area contributed by atoms with Crippen molar-refractivity contribution in [3.05, 3.63) is 65.0 Å². The first kappa shape index (κ1) is 15.4. The number of hydrogen-bond donors (Lipinski definition) is 0. The highest BCUT2D eigenvalue weighted by Gasteiger charge is 2.08. The Bertz CT molecular complexity index is 796. The van der Waals surface area contributed by atoms with Crippen LogP contribution >= 0.6 is 11.6 Å². The van der Waals surface area contributed by atoms with Crippen molar-refractivity contribution in [2.45, 2.75) is 13.5 Å². The molecular formula is C18H16ClNO3. The van der Waals surface area contributed by atoms with Gasteiger partial charge in [0, 0.05) is 10.6 Å². The Morgan fingerprint density at radius 1 is 1.09 bits per heavy atom. The fraction of sp³-hybridized carbons (Fsp3) is 0.167. The number of nitrogens with zero attached hydrogens (tertiary/aromatic N) is 1. The van der Waals surface area contributed by atoms with Crippen molar-refractivity contribution in [1.29, 1.82) is 0 Å². The highest BCUT2D eigenvalue weighted by molar-refractivity contribution is 6.31. The summed E-state index contributed by atoms with van der Waals surface area (Å²) < 4.78 is 16.4. The van der Waals surface area contributed by atoms with Crippen LogP contribution in [0.4, 0.5) is 0 Å². The molecule has 118 valence electrons. The van der Waals surface area contributed by atoms with E-state index >= 15 is 0 Å². The fourth-order valence-corrected chi connectivity index (χ4v) is 2.22. The molecule has 0 aliphatic rings. The van der Waals surface area contributed by atoms with Crippen LogP contribution in [0.2, 0.25) is 5.02 Å². The van der Waals surface area contributed by atoms with Crippen molar-refractivity contribution < 1.29 is 13.9 Å². The SMILES string of the molecule is COc1ccc(-c2nc(COc3ccc(Cl)c(C)c3)co2)cc1. The number of ether oxygens (including phenoxy) is 2. The minimum Gasteiger partial charge on any atom is -0.497 e. The zero-order valence-corrected chi connectivity index (χ0v) is 13.6. The van der Waals surface area contributed by atoms with Crippen LogP contribution in [0.3, 0.4) is 0 Å². The van der Waals surface area contributed by atoms with E-state index in [0.717, 1.165) is 33.3 Å². The number of hydrogen-bond acceptors (Lipinski definition) is 4. The third-order valence-corrected chi connectivity index (χ3v) is 3.83. The van der Waals surface area contributed by atoms with Crippen molar-refractivity contribution in [3.8, 4) is 23.0 Å². The third-order valence-electron chi connectivity index (χ3n) is 3.40. The highest BCUT2D eigenvalue weighted by Crippen LogP contribution is 2.24. The standard InChI is InChI=1S/C18H16ClNO3/c1-12-9-16(7-8-17(12)19)22-10-14-11-23-18(20-14)13-3-5-15(21-2)6-4-13/h3-9,11H,10H2,1-2H3. The molecule has 0 fully saturated rings. The average Bonchev–Trinajstić information content (AvgIpc) is 3.05. The van der Waals surface area contributed by atoms with Crippen molar-refractivity contribution >= 4 is 11.6 Å². The van der Waals surface area contributed by atoms with Crippen molar-refractivity contribution in [3.63, 3.8) is 0 Å². The molecule has 23 heavy (non-hydrogen) atoms. The molecule has 0 saturated heterocycles. The molecule has 0 atom stereocenters. The molecule has 5 heteroatoms. The number of benzene rings is 2. The first-order chi connectivity index (χ1) is 11.2. The summed E-state index contributed by atoms with van der Waals surface area (Å²) in [6.45, 7) is 2.27. The van der Waals surface area contributed by atoms with Gasteiger partial charge in [0.05, 0.1) is 7.11 Å². The zero-order valence-electron chi connectivity index (χ0n) is 12.9. The first-order valence-corrected chi connectivity index (χ1v) is 7.51. The Hall–Kier alpha value is -2.46. The van der Waals surface area contributed by atoms with E-state index in [9.17, 15) is 0 Å². The molecule has 0 aliphatic heterocycles. The smallest absolute Gasteiger partial charge is 0.226 e. The largest absolute Gasteiger partial charge is 0.497 e. The van der Waals surface area contributed by atoms with Crippen molar-refractivity contribution in [1.82, 2.24) is 4.98 Å². The maximum Gasteiger partial charge on any atom is 0.226 e. The molecule has 0 spiro atoms. The number of rotatable bonds is 5. The minimum absolute atomic E-state index is 0.334. The van der Waals surface area contributed by atoms with E-state index in [1.54, 1.807) is 13.4 Å². The monoisotopic (exact) mass is 329 g/mol. The summed E-state index contributed by atoms with van der Waals surface area (Å²) in [6.07, 6.45) is 1.60. The summed E-state index contributed by atoms with van der Waals surface area (Å²) in [5, 5.41) is 0.723. The van der Waals surface area contributed by atoms with Crippen LogP contribution in [0.15, 0.2) is 53.1 Å². The van der Waals surface area contributed by atoms with Gasteiger partial charge in [-0.2, -0.15) is 0 Å². The second kappa shape index (κ2) is 6.75. The van der Waals surface area contributed by atoms with Crippen molar-refractivity contribution in [2.24, 2.45) is 0 Å². The van der Waals surface area contributed by atoms with Gasteiger partial charge in [0.25, 0.3) is 0 Å². The van der Waals surface area contributed by atoms with Gasteiger partial charge in [-0.05, 0) is 55.0 Å². The lowest BCUT2D eigenvalue weighted by Gasteiger charge is -2.05. The summed E-state index contributed by atoms with van der Waals surface area (Å²) in [6, 6.07) is 13.1. The Labute approximate surface area is 139 Å². The lowest BCUT2D eigenvalue weighted by molar-refractivity contribution is 0.301. The molecule has 1 aromatic heterocycles. The highest BCUT2D eigenvalue weighted by atomic mass is 35.5. The third kappa shape index (κ3) is 3.66. The van der Waals surface area contributed by atoms with Gasteiger partial charge in [-0.25, -0.2) is 4.98 Å². The van der Waals surface area contributed by atoms with E-state index in [0.29, 0.717) is 12.5 Å². The Balaban J connectivity index is 1.67. The van der Waals surface area contributed by atoms with E-state index in [2.05, 4.69) is 4.98 Å². The quantitative estimate of drug-likeness (QED) is 0.668. The van der Waals surface area contributed by atoms with Crippen LogP contribution in [0.1, 0.15) is 11.3 Å². The Kier molecular flexibility index (Phi) is 4.53. The summed E-state index contributed by atoms with van der Waals surface area (Å²) in [7, 11) is 1.63. The molecule has 0 aliphatic carbocycles. The second-order valence-electron chi connectivity index (χ2n) is 5.07. The van der Waals surface area contributed by atoms with Gasteiger partial charge in [0.2, 0.25) is 5.89 Å². The van der Waals surface area contributed by atoms with Gasteiger partial charge < -0.3 is 13.9 Å². The van der Waals surface area contributed by atoms with Gasteiger partial charge in [0.1, 0.15) is 30.1 Å². The molecule has 0 saturated carbocycles. The topological polar surface area (TPSA) is 44.5 Å². The maximum atomic E-state index is 6.00. The predicted molar refractivity (Wildman–Crippen MR) is 89.0 cm³/mol. The van der Waals surface area contributed by atoms with Crippen LogP contribution < -0.4 is 9.47 Å². The van der Waals surface area contributed by atoms with E-state index < -0.39 is 0 Å². The van der Waals surface area contributed by atoms with Gasteiger partial charge >= 0.3 is 0 Å². The van der Waals surface area contributed by atoms with Gasteiger partial charge in [-0.3, -0.25) is 0 Å². The summed E-state index contributed by atoms with van der Waals surface area (Å²) in [5.74, 6) is 2.10. The number of aromatic nitrogens is 1. The number of oxazole rings is 1.